The SMILES string of the molecule is COc1ccccc1N(CC(F)(F)F)C(=O)CC1CCOC1. The van der Waals surface area contributed by atoms with E-state index in [1.807, 2.05) is 0 Å². The Morgan fingerprint density at radius 2 is 2.14 bits per heavy atom. The molecule has 0 aromatic heterocycles. The molecule has 1 aliphatic rings. The van der Waals surface area contributed by atoms with E-state index in [4.69, 9.17) is 9.47 Å². The van der Waals surface area contributed by atoms with E-state index in [0.29, 0.717) is 19.6 Å². The molecule has 1 saturated heterocycles. The third kappa shape index (κ3) is 4.37. The molecule has 1 aliphatic heterocycles. The summed E-state index contributed by atoms with van der Waals surface area (Å²) in [6.45, 7) is -0.372. The predicted molar refractivity (Wildman–Crippen MR) is 74.9 cm³/mol. The number of rotatable bonds is 5. The van der Waals surface area contributed by atoms with Gasteiger partial charge in [0.1, 0.15) is 12.3 Å². The molecular formula is C15H18F3NO3. The third-order valence-corrected chi connectivity index (χ3v) is 3.50. The molecule has 0 radical (unpaired) electrons. The number of methoxy groups -OCH3 is 1. The van der Waals surface area contributed by atoms with Crippen molar-refractivity contribution in [3.8, 4) is 5.75 Å². The van der Waals surface area contributed by atoms with Gasteiger partial charge in [-0.2, -0.15) is 13.2 Å². The molecule has 0 bridgehead atoms. The largest absolute Gasteiger partial charge is 0.495 e. The van der Waals surface area contributed by atoms with Crippen molar-refractivity contribution < 1.29 is 27.4 Å². The van der Waals surface area contributed by atoms with Crippen molar-refractivity contribution in [3.05, 3.63) is 24.3 Å². The van der Waals surface area contributed by atoms with Gasteiger partial charge in [-0.15, -0.1) is 0 Å². The Morgan fingerprint density at radius 3 is 2.73 bits per heavy atom. The normalized spacial score (nSPS) is 18.3. The number of nitrogens with zero attached hydrogens (tertiary/aromatic N) is 1. The van der Waals surface area contributed by atoms with Gasteiger partial charge in [0.05, 0.1) is 12.8 Å². The van der Waals surface area contributed by atoms with Crippen LogP contribution in [0, 0.1) is 5.92 Å². The molecular weight excluding hydrogens is 299 g/mol. The highest BCUT2D eigenvalue weighted by atomic mass is 19.4. The van der Waals surface area contributed by atoms with Gasteiger partial charge in [-0.1, -0.05) is 12.1 Å². The van der Waals surface area contributed by atoms with Gasteiger partial charge in [0.2, 0.25) is 5.91 Å². The maximum absolute atomic E-state index is 12.8. The second-order valence-electron chi connectivity index (χ2n) is 5.20. The highest BCUT2D eigenvalue weighted by molar-refractivity contribution is 5.95. The van der Waals surface area contributed by atoms with E-state index in [-0.39, 0.29) is 23.8 Å². The van der Waals surface area contributed by atoms with Crippen LogP contribution >= 0.6 is 0 Å². The van der Waals surface area contributed by atoms with Crippen molar-refractivity contribution in [3.63, 3.8) is 0 Å². The number of carbonyl (C=O) groups excluding carboxylic acids is 1. The number of benzene rings is 1. The minimum atomic E-state index is -4.48. The Kier molecular flexibility index (Phi) is 5.28. The van der Waals surface area contributed by atoms with E-state index in [1.54, 1.807) is 12.1 Å². The molecule has 1 fully saturated rings. The predicted octanol–water partition coefficient (Wildman–Crippen LogP) is 3.02. The number of amides is 1. The average molecular weight is 317 g/mol. The molecule has 1 heterocycles. The fourth-order valence-electron chi connectivity index (χ4n) is 2.44. The van der Waals surface area contributed by atoms with Crippen molar-refractivity contribution in [2.75, 3.05) is 31.8 Å². The Morgan fingerprint density at radius 1 is 1.41 bits per heavy atom. The summed E-state index contributed by atoms with van der Waals surface area (Å²) < 4.78 is 48.8. The number of halogens is 3. The third-order valence-electron chi connectivity index (χ3n) is 3.50. The molecule has 0 saturated carbocycles. The van der Waals surface area contributed by atoms with E-state index in [1.165, 1.54) is 19.2 Å². The lowest BCUT2D eigenvalue weighted by Gasteiger charge is -2.26. The molecule has 1 amide bonds. The summed E-state index contributed by atoms with van der Waals surface area (Å²) in [4.78, 5) is 13.1. The monoisotopic (exact) mass is 317 g/mol. The van der Waals surface area contributed by atoms with Crippen LogP contribution in [0.1, 0.15) is 12.8 Å². The fraction of sp³-hybridized carbons (Fsp3) is 0.533. The maximum Gasteiger partial charge on any atom is 0.406 e. The van der Waals surface area contributed by atoms with E-state index in [0.717, 1.165) is 4.90 Å². The van der Waals surface area contributed by atoms with Crippen LogP contribution in [-0.2, 0) is 9.53 Å². The van der Waals surface area contributed by atoms with Gasteiger partial charge in [0, 0.05) is 19.6 Å². The van der Waals surface area contributed by atoms with Crippen molar-refractivity contribution in [1.29, 1.82) is 0 Å². The van der Waals surface area contributed by atoms with Crippen LogP contribution in [0.25, 0.3) is 0 Å². The maximum atomic E-state index is 12.8. The molecule has 1 aromatic carbocycles. The van der Waals surface area contributed by atoms with Crippen LogP contribution in [-0.4, -0.2) is 39.0 Å². The highest BCUT2D eigenvalue weighted by Gasteiger charge is 2.35. The van der Waals surface area contributed by atoms with Crippen LogP contribution in [0.5, 0.6) is 5.75 Å². The molecule has 7 heteroatoms. The molecule has 1 unspecified atom stereocenters. The standard InChI is InChI=1S/C15H18F3NO3/c1-21-13-5-3-2-4-12(13)19(10-15(16,17)18)14(20)8-11-6-7-22-9-11/h2-5,11H,6-10H2,1H3. The quantitative estimate of drug-likeness (QED) is 0.838. The van der Waals surface area contributed by atoms with Gasteiger partial charge in [0.25, 0.3) is 0 Å². The minimum absolute atomic E-state index is 0.0297. The lowest BCUT2D eigenvalue weighted by molar-refractivity contribution is -0.133. The molecule has 0 N–H and O–H groups in total. The van der Waals surface area contributed by atoms with Gasteiger partial charge < -0.3 is 9.47 Å². The minimum Gasteiger partial charge on any atom is -0.495 e. The molecule has 4 nitrogen and oxygen atoms in total. The van der Waals surface area contributed by atoms with E-state index < -0.39 is 18.6 Å². The zero-order valence-corrected chi connectivity index (χ0v) is 12.2. The Bertz CT molecular complexity index is 513. The summed E-state index contributed by atoms with van der Waals surface area (Å²) in [7, 11) is 1.36. The number of ether oxygens (including phenoxy) is 2. The van der Waals surface area contributed by atoms with Crippen molar-refractivity contribution in [2.45, 2.75) is 19.0 Å². The number of alkyl halides is 3. The van der Waals surface area contributed by atoms with E-state index in [9.17, 15) is 18.0 Å². The van der Waals surface area contributed by atoms with E-state index in [2.05, 4.69) is 0 Å². The van der Waals surface area contributed by atoms with Crippen molar-refractivity contribution >= 4 is 11.6 Å². The van der Waals surface area contributed by atoms with Gasteiger partial charge in [-0.25, -0.2) is 0 Å². The first-order valence-corrected chi connectivity index (χ1v) is 6.98. The zero-order chi connectivity index (χ0) is 16.2. The van der Waals surface area contributed by atoms with Crippen LogP contribution < -0.4 is 9.64 Å². The first kappa shape index (κ1) is 16.6. The summed E-state index contributed by atoms with van der Waals surface area (Å²) in [6.07, 6.45) is -3.76. The molecule has 0 aliphatic carbocycles. The Hall–Kier alpha value is -1.76. The average Bonchev–Trinajstić information content (AvgIpc) is 2.96. The number of carbonyl (C=O) groups is 1. The van der Waals surface area contributed by atoms with Crippen molar-refractivity contribution in [2.24, 2.45) is 5.92 Å². The summed E-state index contributed by atoms with van der Waals surface area (Å²) >= 11 is 0. The van der Waals surface area contributed by atoms with Gasteiger partial charge >= 0.3 is 6.18 Å². The summed E-state index contributed by atoms with van der Waals surface area (Å²) in [5.74, 6) is -0.363. The molecule has 22 heavy (non-hydrogen) atoms. The number of anilines is 1. The molecule has 1 aromatic rings. The summed E-state index contributed by atoms with van der Waals surface area (Å²) in [5.41, 5.74) is 0.131. The molecule has 1 atom stereocenters. The van der Waals surface area contributed by atoms with Crippen molar-refractivity contribution in [1.82, 2.24) is 0 Å². The summed E-state index contributed by atoms with van der Waals surface area (Å²) in [5, 5.41) is 0. The fourth-order valence-corrected chi connectivity index (χ4v) is 2.44. The first-order chi connectivity index (χ1) is 10.4. The molecule has 122 valence electrons. The zero-order valence-electron chi connectivity index (χ0n) is 12.2. The second-order valence-corrected chi connectivity index (χ2v) is 5.20. The van der Waals surface area contributed by atoms with Gasteiger partial charge in [0.15, 0.2) is 0 Å². The van der Waals surface area contributed by atoms with Crippen LogP contribution in [0.15, 0.2) is 24.3 Å². The Labute approximate surface area is 126 Å². The first-order valence-electron chi connectivity index (χ1n) is 6.98. The highest BCUT2D eigenvalue weighted by Crippen LogP contribution is 2.32. The topological polar surface area (TPSA) is 38.8 Å². The number of hydrogen-bond acceptors (Lipinski definition) is 3. The van der Waals surface area contributed by atoms with Gasteiger partial charge in [-0.05, 0) is 24.5 Å². The van der Waals surface area contributed by atoms with E-state index >= 15 is 0 Å². The van der Waals surface area contributed by atoms with Crippen LogP contribution in [0.4, 0.5) is 18.9 Å². The Balaban J connectivity index is 2.23. The van der Waals surface area contributed by atoms with Crippen LogP contribution in [0.3, 0.4) is 0 Å². The lowest BCUT2D eigenvalue weighted by atomic mass is 10.0. The second kappa shape index (κ2) is 7.00. The van der Waals surface area contributed by atoms with Crippen LogP contribution in [0.2, 0.25) is 0 Å². The molecule has 2 rings (SSSR count). The van der Waals surface area contributed by atoms with Gasteiger partial charge in [-0.3, -0.25) is 9.69 Å². The lowest BCUT2D eigenvalue weighted by Crippen LogP contribution is -2.40. The summed E-state index contributed by atoms with van der Waals surface area (Å²) in [6, 6.07) is 6.20. The molecule has 0 spiro atoms. The number of para-hydroxylation sites is 2. The number of hydrogen-bond donors (Lipinski definition) is 0. The smallest absolute Gasteiger partial charge is 0.406 e.